The van der Waals surface area contributed by atoms with Crippen LogP contribution in [0.4, 0.5) is 0 Å². The third-order valence-corrected chi connectivity index (χ3v) is 4.89. The summed E-state index contributed by atoms with van der Waals surface area (Å²) in [4.78, 5) is 17.8. The lowest BCUT2D eigenvalue weighted by atomic mass is 10.1. The summed E-state index contributed by atoms with van der Waals surface area (Å²) in [6, 6.07) is 10.9. The number of fused-ring (bicyclic) bond motifs is 1. The van der Waals surface area contributed by atoms with Crippen molar-refractivity contribution in [1.29, 1.82) is 0 Å². The van der Waals surface area contributed by atoms with Gasteiger partial charge in [-0.15, -0.1) is 0 Å². The van der Waals surface area contributed by atoms with Gasteiger partial charge in [-0.3, -0.25) is 9.48 Å². The molecule has 0 aliphatic rings. The molecule has 1 aromatic carbocycles. The van der Waals surface area contributed by atoms with Crippen LogP contribution in [0, 0.1) is 6.92 Å². The number of benzene rings is 1. The van der Waals surface area contributed by atoms with Gasteiger partial charge in [0.25, 0.3) is 5.91 Å². The molecule has 1 N–H and O–H groups in total. The van der Waals surface area contributed by atoms with Crippen molar-refractivity contribution < 1.29 is 18.7 Å². The van der Waals surface area contributed by atoms with Crippen molar-refractivity contribution in [3.8, 4) is 23.0 Å². The van der Waals surface area contributed by atoms with Crippen molar-refractivity contribution in [2.75, 3.05) is 14.2 Å². The Balaban J connectivity index is 1.67. The Labute approximate surface area is 173 Å². The third-order valence-electron chi connectivity index (χ3n) is 4.89. The Kier molecular flexibility index (Phi) is 5.14. The monoisotopic (exact) mass is 406 g/mol. The van der Waals surface area contributed by atoms with Gasteiger partial charge in [0.05, 0.1) is 37.1 Å². The Morgan fingerprint density at radius 3 is 2.67 bits per heavy atom. The summed E-state index contributed by atoms with van der Waals surface area (Å²) >= 11 is 0. The normalized spacial score (nSPS) is 10.9. The third kappa shape index (κ3) is 3.47. The molecule has 0 atom stereocenters. The topological polar surface area (TPSA) is 91.4 Å². The number of aromatic nitrogens is 3. The first-order valence-electron chi connectivity index (χ1n) is 9.39. The Morgan fingerprint density at radius 2 is 1.97 bits per heavy atom. The predicted octanol–water partition coefficient (Wildman–Crippen LogP) is 3.48. The van der Waals surface area contributed by atoms with E-state index in [-0.39, 0.29) is 5.91 Å². The van der Waals surface area contributed by atoms with Crippen LogP contribution in [0.15, 0.2) is 47.1 Å². The molecule has 1 amide bonds. The fourth-order valence-corrected chi connectivity index (χ4v) is 3.44. The number of aryl methyl sites for hydroxylation is 2. The lowest BCUT2D eigenvalue weighted by Crippen LogP contribution is -2.23. The molecule has 0 fully saturated rings. The van der Waals surface area contributed by atoms with Gasteiger partial charge in [-0.1, -0.05) is 6.07 Å². The number of rotatable bonds is 6. The zero-order chi connectivity index (χ0) is 21.3. The largest absolute Gasteiger partial charge is 0.493 e. The van der Waals surface area contributed by atoms with Gasteiger partial charge in [-0.25, -0.2) is 4.98 Å². The number of hydrogen-bond acceptors (Lipinski definition) is 6. The number of carbonyl (C=O) groups is 1. The van der Waals surface area contributed by atoms with E-state index in [0.717, 1.165) is 16.6 Å². The second kappa shape index (κ2) is 7.90. The molecule has 154 valence electrons. The van der Waals surface area contributed by atoms with E-state index in [1.165, 1.54) is 0 Å². The van der Waals surface area contributed by atoms with Crippen molar-refractivity contribution in [2.45, 2.75) is 13.5 Å². The summed E-state index contributed by atoms with van der Waals surface area (Å²) in [7, 11) is 4.97. The molecule has 4 rings (SSSR count). The van der Waals surface area contributed by atoms with Crippen molar-refractivity contribution in [3.63, 3.8) is 0 Å². The van der Waals surface area contributed by atoms with E-state index in [1.54, 1.807) is 44.3 Å². The summed E-state index contributed by atoms with van der Waals surface area (Å²) in [6.45, 7) is 2.19. The van der Waals surface area contributed by atoms with E-state index < -0.39 is 0 Å². The molecule has 4 aromatic rings. The molecule has 0 aliphatic carbocycles. The molecule has 0 saturated carbocycles. The van der Waals surface area contributed by atoms with Gasteiger partial charge in [0.15, 0.2) is 22.9 Å². The number of methoxy groups -OCH3 is 2. The summed E-state index contributed by atoms with van der Waals surface area (Å²) in [6.07, 6.45) is 1.58. The first-order valence-corrected chi connectivity index (χ1v) is 9.39. The van der Waals surface area contributed by atoms with Crippen LogP contribution in [0.2, 0.25) is 0 Å². The van der Waals surface area contributed by atoms with E-state index in [4.69, 9.17) is 13.9 Å². The highest BCUT2D eigenvalue weighted by Crippen LogP contribution is 2.29. The van der Waals surface area contributed by atoms with Gasteiger partial charge in [-0.2, -0.15) is 5.10 Å². The minimum absolute atomic E-state index is 0.221. The Bertz CT molecular complexity index is 1210. The maximum absolute atomic E-state index is 13.1. The van der Waals surface area contributed by atoms with E-state index in [2.05, 4.69) is 15.4 Å². The van der Waals surface area contributed by atoms with Crippen LogP contribution in [-0.2, 0) is 13.6 Å². The van der Waals surface area contributed by atoms with Crippen LogP contribution in [0.25, 0.3) is 22.5 Å². The van der Waals surface area contributed by atoms with E-state index in [0.29, 0.717) is 40.7 Å². The zero-order valence-corrected chi connectivity index (χ0v) is 17.2. The van der Waals surface area contributed by atoms with Crippen molar-refractivity contribution in [2.24, 2.45) is 7.05 Å². The van der Waals surface area contributed by atoms with Gasteiger partial charge < -0.3 is 19.2 Å². The average molecular weight is 406 g/mol. The number of pyridine rings is 1. The molecule has 0 aliphatic heterocycles. The fourth-order valence-electron chi connectivity index (χ4n) is 3.44. The molecular weight excluding hydrogens is 384 g/mol. The number of nitrogens with zero attached hydrogens (tertiary/aromatic N) is 3. The standard InChI is InChI=1S/C22H22N4O4/c1-13-20-15(11-16(17-6-5-9-30-17)24-21(20)26(2)25-13)22(27)23-12-14-7-8-18(28-3)19(10-14)29-4/h5-11H,12H2,1-4H3,(H,23,27). The maximum Gasteiger partial charge on any atom is 0.252 e. The predicted molar refractivity (Wildman–Crippen MR) is 112 cm³/mol. The molecule has 0 saturated heterocycles. The fraction of sp³-hybridized carbons (Fsp3) is 0.227. The number of furan rings is 1. The highest BCUT2D eigenvalue weighted by atomic mass is 16.5. The number of amides is 1. The summed E-state index contributed by atoms with van der Waals surface area (Å²) < 4.78 is 17.7. The van der Waals surface area contributed by atoms with Gasteiger partial charge in [0, 0.05) is 13.6 Å². The summed E-state index contributed by atoms with van der Waals surface area (Å²) in [5.74, 6) is 1.61. The van der Waals surface area contributed by atoms with Gasteiger partial charge in [0.2, 0.25) is 0 Å². The Hall–Kier alpha value is -3.81. The molecule has 3 heterocycles. The van der Waals surface area contributed by atoms with E-state index >= 15 is 0 Å². The average Bonchev–Trinajstić information content (AvgIpc) is 3.39. The van der Waals surface area contributed by atoms with Crippen molar-refractivity contribution >= 4 is 16.9 Å². The molecule has 0 spiro atoms. The van der Waals surface area contributed by atoms with Crippen LogP contribution >= 0.6 is 0 Å². The van der Waals surface area contributed by atoms with Crippen molar-refractivity contribution in [1.82, 2.24) is 20.1 Å². The number of ether oxygens (including phenoxy) is 2. The van der Waals surface area contributed by atoms with Crippen LogP contribution in [0.1, 0.15) is 21.6 Å². The second-order valence-corrected chi connectivity index (χ2v) is 6.81. The summed E-state index contributed by atoms with van der Waals surface area (Å²) in [5, 5.41) is 8.12. The molecule has 30 heavy (non-hydrogen) atoms. The first-order chi connectivity index (χ1) is 14.5. The lowest BCUT2D eigenvalue weighted by molar-refractivity contribution is 0.0952. The van der Waals surface area contributed by atoms with Gasteiger partial charge >= 0.3 is 0 Å². The van der Waals surface area contributed by atoms with E-state index in [1.807, 2.05) is 31.2 Å². The van der Waals surface area contributed by atoms with Crippen LogP contribution < -0.4 is 14.8 Å². The SMILES string of the molecule is COc1ccc(CNC(=O)c2cc(-c3ccco3)nc3c2c(C)nn3C)cc1OC. The number of nitrogens with one attached hydrogen (secondary N) is 1. The zero-order valence-electron chi connectivity index (χ0n) is 17.2. The first kappa shape index (κ1) is 19.5. The molecular formula is C22H22N4O4. The molecule has 8 heteroatoms. The lowest BCUT2D eigenvalue weighted by Gasteiger charge is -2.11. The minimum Gasteiger partial charge on any atom is -0.493 e. The molecule has 0 radical (unpaired) electrons. The highest BCUT2D eigenvalue weighted by Gasteiger charge is 2.20. The minimum atomic E-state index is -0.221. The van der Waals surface area contributed by atoms with E-state index in [9.17, 15) is 4.79 Å². The number of hydrogen-bond donors (Lipinski definition) is 1. The van der Waals surface area contributed by atoms with Crippen LogP contribution in [0.3, 0.4) is 0 Å². The molecule has 0 unspecified atom stereocenters. The smallest absolute Gasteiger partial charge is 0.252 e. The van der Waals surface area contributed by atoms with Gasteiger partial charge in [0.1, 0.15) is 5.69 Å². The van der Waals surface area contributed by atoms with Crippen molar-refractivity contribution in [3.05, 3.63) is 59.5 Å². The quantitative estimate of drug-likeness (QED) is 0.527. The summed E-state index contributed by atoms with van der Waals surface area (Å²) in [5.41, 5.74) is 3.32. The highest BCUT2D eigenvalue weighted by molar-refractivity contribution is 6.07. The molecule has 0 bridgehead atoms. The number of carbonyl (C=O) groups excluding carboxylic acids is 1. The molecule has 3 aromatic heterocycles. The Morgan fingerprint density at radius 1 is 1.17 bits per heavy atom. The van der Waals surface area contributed by atoms with Crippen LogP contribution in [-0.4, -0.2) is 34.9 Å². The maximum atomic E-state index is 13.1. The second-order valence-electron chi connectivity index (χ2n) is 6.81. The van der Waals surface area contributed by atoms with Gasteiger partial charge in [-0.05, 0) is 42.8 Å². The molecule has 8 nitrogen and oxygen atoms in total. The van der Waals surface area contributed by atoms with Crippen LogP contribution in [0.5, 0.6) is 11.5 Å².